The molecule has 22 heteroatoms. The molecule has 0 bridgehead atoms. The summed E-state index contributed by atoms with van der Waals surface area (Å²) in [6.07, 6.45) is -7.22. The summed E-state index contributed by atoms with van der Waals surface area (Å²) in [4.78, 5) is 2.40. The number of halogens is 21. The predicted octanol–water partition coefficient (Wildman–Crippen LogP) is 9.71. The smallest absolute Gasteiger partial charge is 0.200 e. The molecule has 0 unspecified atom stereocenters. The maximum atomic E-state index is 15.4. The molecule has 0 saturated carbocycles. The maximum Gasteiger partial charge on any atom is 0.200 e. The fourth-order valence-electron chi connectivity index (χ4n) is 6.21. The molecule has 0 saturated heterocycles. The number of rotatable bonds is 6. The zero-order valence-corrected chi connectivity index (χ0v) is 30.4. The SMILES string of the molecule is CI(c1ccccc1)c1ccccc1.Fc1c(F)c(F)c([B-](c2c(F)c(F)c(F)c(F)c2F)(c2c(F)c(F)c(F)c(F)c2F)c2c(F)c(F)c(F)c(F)c2F)c(F)c1F. The Hall–Kier alpha value is -5.29. The van der Waals surface area contributed by atoms with E-state index in [4.69, 9.17) is 0 Å². The molecule has 0 aliphatic rings. The van der Waals surface area contributed by atoms with Crippen LogP contribution in [0, 0.1) is 123 Å². The van der Waals surface area contributed by atoms with Gasteiger partial charge < -0.3 is 0 Å². The normalized spacial score (nSPS) is 11.8. The van der Waals surface area contributed by atoms with Crippen molar-refractivity contribution in [1.29, 1.82) is 0 Å². The third-order valence-corrected chi connectivity index (χ3v) is 14.0. The number of alkyl halides is 1. The molecule has 0 fully saturated rings. The molecule has 0 atom stereocenters. The molecule has 0 aromatic heterocycles. The summed E-state index contributed by atoms with van der Waals surface area (Å²) < 4.78 is 297. The van der Waals surface area contributed by atoms with Crippen LogP contribution >= 0.6 is 19.8 Å². The standard InChI is InChI=1S/C24BF20.C13H13I/c26-5-1(6(27)14(35)21(42)13(5)34)25(2-7(28)15(36)22(43)16(37)8(2)29,3-9(30)17(38)23(44)18(39)10(3)31)4-11(32)19(40)24(45)20(41)12(4)33;1-14(12-8-4-2-5-9-12)13-10-6-3-7-11-13/h;2-11H,1H3/q-1;. The van der Waals surface area contributed by atoms with E-state index in [9.17, 15) is 52.7 Å². The Morgan fingerprint density at radius 1 is 0.254 bits per heavy atom. The van der Waals surface area contributed by atoms with Gasteiger partial charge in [0.2, 0.25) is 0 Å². The van der Waals surface area contributed by atoms with Crippen molar-refractivity contribution in [1.82, 2.24) is 0 Å². The van der Waals surface area contributed by atoms with Crippen LogP contribution in [0.1, 0.15) is 0 Å². The second-order valence-corrected chi connectivity index (χ2v) is 17.1. The van der Waals surface area contributed by atoms with Crippen molar-refractivity contribution < 1.29 is 87.8 Å². The first-order chi connectivity index (χ1) is 27.6. The van der Waals surface area contributed by atoms with E-state index in [1.807, 2.05) is 0 Å². The van der Waals surface area contributed by atoms with Crippen LogP contribution in [0.25, 0.3) is 0 Å². The number of benzene rings is 6. The fraction of sp³-hybridized carbons (Fsp3) is 0.0270. The van der Waals surface area contributed by atoms with E-state index in [1.165, 1.54) is 7.14 Å². The average Bonchev–Trinajstić information content (AvgIpc) is 3.24. The van der Waals surface area contributed by atoms with Gasteiger partial charge in [-0.1, -0.05) is 0 Å². The first-order valence-electron chi connectivity index (χ1n) is 15.5. The minimum absolute atomic E-state index is 1.10. The third-order valence-electron chi connectivity index (χ3n) is 8.83. The van der Waals surface area contributed by atoms with E-state index in [-0.39, 0.29) is 0 Å². The van der Waals surface area contributed by atoms with E-state index in [0.29, 0.717) is 0 Å². The van der Waals surface area contributed by atoms with Gasteiger partial charge in [-0.2, -0.15) is 0 Å². The van der Waals surface area contributed by atoms with Crippen LogP contribution in [0.2, 0.25) is 0 Å². The summed E-state index contributed by atoms with van der Waals surface area (Å²) >= 11 is -1.10. The molecule has 0 spiro atoms. The van der Waals surface area contributed by atoms with Gasteiger partial charge in [0.25, 0.3) is 0 Å². The molecule has 0 heterocycles. The number of hydrogen-bond acceptors (Lipinski definition) is 0. The van der Waals surface area contributed by atoms with E-state index >= 15 is 35.1 Å². The molecule has 0 aliphatic carbocycles. The summed E-state index contributed by atoms with van der Waals surface area (Å²) in [5.74, 6) is -71.4. The Balaban J connectivity index is 0.000000395. The quantitative estimate of drug-likeness (QED) is 0.0390. The van der Waals surface area contributed by atoms with Gasteiger partial charge >= 0.3 is 92.6 Å². The molecule has 0 aliphatic heterocycles. The summed E-state index contributed by atoms with van der Waals surface area (Å²) in [6.45, 7) is 0. The molecule has 0 amide bonds. The van der Waals surface area contributed by atoms with E-state index in [1.54, 1.807) is 0 Å². The summed E-state index contributed by atoms with van der Waals surface area (Å²) in [5, 5.41) is 0. The third kappa shape index (κ3) is 7.05. The van der Waals surface area contributed by atoms with Gasteiger partial charge in [0.05, 0.1) is 0 Å². The van der Waals surface area contributed by atoms with E-state index in [0.717, 1.165) is 0 Å². The number of hydrogen-bond donors (Lipinski definition) is 0. The molecule has 6 aromatic rings. The van der Waals surface area contributed by atoms with Crippen molar-refractivity contribution in [2.45, 2.75) is 0 Å². The van der Waals surface area contributed by atoms with Crippen LogP contribution in [0.4, 0.5) is 87.8 Å². The van der Waals surface area contributed by atoms with Crippen molar-refractivity contribution in [2.24, 2.45) is 0 Å². The Kier molecular flexibility index (Phi) is 12.7. The zero-order chi connectivity index (χ0) is 44.2. The van der Waals surface area contributed by atoms with Crippen LogP contribution in [-0.4, -0.2) is 11.1 Å². The van der Waals surface area contributed by atoms with Crippen molar-refractivity contribution >= 4 is 47.8 Å². The fourth-order valence-corrected chi connectivity index (χ4v) is 9.91. The van der Waals surface area contributed by atoms with Crippen molar-refractivity contribution in [3.05, 3.63) is 184 Å². The maximum absolute atomic E-state index is 15.4. The molecule has 0 nitrogen and oxygen atoms in total. The first-order valence-corrected chi connectivity index (χ1v) is 19.8. The van der Waals surface area contributed by atoms with Crippen LogP contribution in [0.3, 0.4) is 0 Å². The van der Waals surface area contributed by atoms with Gasteiger partial charge in [-0.3, -0.25) is 0 Å². The van der Waals surface area contributed by atoms with Crippen LogP contribution in [0.15, 0.2) is 60.7 Å². The molecule has 312 valence electrons. The molecular formula is C37H13BF20I-. The minimum atomic E-state index is -7.22. The second kappa shape index (κ2) is 16.8. The van der Waals surface area contributed by atoms with Crippen LogP contribution in [0.5, 0.6) is 0 Å². The Morgan fingerprint density at radius 3 is 0.576 bits per heavy atom. The van der Waals surface area contributed by atoms with Gasteiger partial charge in [-0.15, -0.1) is 21.9 Å². The van der Waals surface area contributed by atoms with E-state index in [2.05, 4.69) is 65.6 Å². The van der Waals surface area contributed by atoms with Crippen LogP contribution in [-0.2, 0) is 0 Å². The van der Waals surface area contributed by atoms with Gasteiger partial charge in [-0.05, 0) is 0 Å². The van der Waals surface area contributed by atoms with Crippen molar-refractivity contribution in [3.63, 3.8) is 0 Å². The molecule has 6 rings (SSSR count). The second-order valence-electron chi connectivity index (χ2n) is 11.9. The summed E-state index contributed by atoms with van der Waals surface area (Å²) in [5.41, 5.74) is -14.3. The minimum Gasteiger partial charge on any atom is -0.207 e. The Labute approximate surface area is 324 Å². The topological polar surface area (TPSA) is 0 Å². The molecular weight excluding hydrogens is 962 g/mol. The monoisotopic (exact) mass is 975 g/mol. The van der Waals surface area contributed by atoms with E-state index < -0.39 is 164 Å². The van der Waals surface area contributed by atoms with Gasteiger partial charge in [-0.25, -0.2) is 87.8 Å². The molecule has 59 heavy (non-hydrogen) atoms. The summed E-state index contributed by atoms with van der Waals surface area (Å²) in [7, 11) is 0. The average molecular weight is 975 g/mol. The van der Waals surface area contributed by atoms with Crippen molar-refractivity contribution in [3.8, 4) is 0 Å². The largest absolute Gasteiger partial charge is 0.207 e. The van der Waals surface area contributed by atoms with Gasteiger partial charge in [0, 0.05) is 0 Å². The first kappa shape index (κ1) is 44.8. The van der Waals surface area contributed by atoms with Crippen molar-refractivity contribution in [2.75, 3.05) is 4.93 Å². The zero-order valence-electron chi connectivity index (χ0n) is 28.3. The summed E-state index contributed by atoms with van der Waals surface area (Å²) in [6, 6.07) is 21.7. The van der Waals surface area contributed by atoms with Gasteiger partial charge in [0.15, 0.2) is 69.8 Å². The Morgan fingerprint density at radius 2 is 0.407 bits per heavy atom. The molecule has 6 aromatic carbocycles. The molecule has 0 radical (unpaired) electrons. The van der Waals surface area contributed by atoms with Crippen LogP contribution < -0.4 is 21.9 Å². The predicted molar refractivity (Wildman–Crippen MR) is 179 cm³/mol. The Bertz CT molecular complexity index is 2200. The molecule has 0 N–H and O–H groups in total. The van der Waals surface area contributed by atoms with Gasteiger partial charge in [0.1, 0.15) is 52.7 Å².